The predicted molar refractivity (Wildman–Crippen MR) is 78.4 cm³/mol. The molecule has 2 rings (SSSR count). The number of rotatable bonds is 5. The summed E-state index contributed by atoms with van der Waals surface area (Å²) >= 11 is 6.05. The summed E-state index contributed by atoms with van der Waals surface area (Å²) in [5.41, 5.74) is 1.20. The molecule has 20 heavy (non-hydrogen) atoms. The number of hydrogen-bond acceptors (Lipinski definition) is 3. The van der Waals surface area contributed by atoms with Gasteiger partial charge in [-0.25, -0.2) is 4.79 Å². The molecular formula is C15H14ClNO3. The van der Waals surface area contributed by atoms with Gasteiger partial charge in [-0.3, -0.25) is 0 Å². The van der Waals surface area contributed by atoms with Crippen molar-refractivity contribution in [2.45, 2.75) is 6.04 Å². The van der Waals surface area contributed by atoms with Gasteiger partial charge in [0, 0.05) is 16.3 Å². The van der Waals surface area contributed by atoms with Crippen LogP contribution in [0.1, 0.15) is 11.6 Å². The quantitative estimate of drug-likeness (QED) is 0.884. The number of hydrogen-bond donors (Lipinski definition) is 2. The minimum atomic E-state index is -0.992. The van der Waals surface area contributed by atoms with Gasteiger partial charge in [0.15, 0.2) is 6.04 Å². The molecule has 1 unspecified atom stereocenters. The van der Waals surface area contributed by atoms with E-state index >= 15 is 0 Å². The molecule has 0 aromatic heterocycles. The first kappa shape index (κ1) is 14.2. The van der Waals surface area contributed by atoms with Crippen molar-refractivity contribution >= 4 is 23.3 Å². The Balaban J connectivity index is 2.26. The van der Waals surface area contributed by atoms with Crippen LogP contribution >= 0.6 is 11.6 Å². The lowest BCUT2D eigenvalue weighted by atomic mass is 10.1. The van der Waals surface area contributed by atoms with Crippen molar-refractivity contribution in [2.75, 3.05) is 12.4 Å². The summed E-state index contributed by atoms with van der Waals surface area (Å²) in [6.07, 6.45) is 0. The molecule has 0 radical (unpaired) electrons. The number of methoxy groups -OCH3 is 1. The average Bonchev–Trinajstić information content (AvgIpc) is 2.46. The molecule has 5 heteroatoms. The van der Waals surface area contributed by atoms with Crippen molar-refractivity contribution in [3.05, 3.63) is 59.1 Å². The minimum Gasteiger partial charge on any atom is -0.497 e. The van der Waals surface area contributed by atoms with Crippen molar-refractivity contribution in [1.29, 1.82) is 0 Å². The number of halogens is 1. The summed E-state index contributed by atoms with van der Waals surface area (Å²) < 4.78 is 5.06. The van der Waals surface area contributed by atoms with Gasteiger partial charge in [-0.1, -0.05) is 29.8 Å². The van der Waals surface area contributed by atoms with Crippen LogP contribution < -0.4 is 10.1 Å². The zero-order chi connectivity index (χ0) is 14.5. The van der Waals surface area contributed by atoms with E-state index < -0.39 is 12.0 Å². The lowest BCUT2D eigenvalue weighted by Gasteiger charge is -2.17. The zero-order valence-corrected chi connectivity index (χ0v) is 11.6. The van der Waals surface area contributed by atoms with E-state index in [9.17, 15) is 9.90 Å². The Morgan fingerprint density at radius 1 is 1.20 bits per heavy atom. The molecule has 0 aliphatic heterocycles. The molecule has 0 spiro atoms. The van der Waals surface area contributed by atoms with Gasteiger partial charge in [-0.15, -0.1) is 0 Å². The number of carbonyl (C=O) groups is 1. The second kappa shape index (κ2) is 6.30. The smallest absolute Gasteiger partial charge is 0.330 e. The lowest BCUT2D eigenvalue weighted by molar-refractivity contribution is -0.138. The molecular weight excluding hydrogens is 278 g/mol. The van der Waals surface area contributed by atoms with E-state index in [1.165, 1.54) is 0 Å². The molecule has 1 atom stereocenters. The summed E-state index contributed by atoms with van der Waals surface area (Å²) in [6.45, 7) is 0. The Bertz CT molecular complexity index is 598. The third kappa shape index (κ3) is 3.22. The zero-order valence-electron chi connectivity index (χ0n) is 10.8. The average molecular weight is 292 g/mol. The summed E-state index contributed by atoms with van der Waals surface area (Å²) in [7, 11) is 1.58. The molecule has 0 aliphatic carbocycles. The van der Waals surface area contributed by atoms with E-state index in [-0.39, 0.29) is 0 Å². The van der Waals surface area contributed by atoms with Crippen LogP contribution in [0, 0.1) is 0 Å². The van der Waals surface area contributed by atoms with E-state index in [2.05, 4.69) is 5.32 Å². The van der Waals surface area contributed by atoms with E-state index in [0.29, 0.717) is 22.0 Å². The van der Waals surface area contributed by atoms with Gasteiger partial charge in [0.25, 0.3) is 0 Å². The van der Waals surface area contributed by atoms with Crippen molar-refractivity contribution in [3.63, 3.8) is 0 Å². The molecule has 2 aromatic carbocycles. The summed E-state index contributed by atoms with van der Waals surface area (Å²) in [5, 5.41) is 12.7. The van der Waals surface area contributed by atoms with Crippen LogP contribution in [-0.4, -0.2) is 18.2 Å². The number of ether oxygens (including phenoxy) is 1. The second-order valence-electron chi connectivity index (χ2n) is 4.17. The Labute approximate surface area is 122 Å². The molecule has 0 saturated heterocycles. The molecule has 104 valence electrons. The Morgan fingerprint density at radius 2 is 1.85 bits per heavy atom. The number of benzene rings is 2. The predicted octanol–water partition coefficient (Wildman–Crippen LogP) is 3.59. The van der Waals surface area contributed by atoms with Crippen LogP contribution in [0.4, 0.5) is 5.69 Å². The van der Waals surface area contributed by atoms with Gasteiger partial charge in [0.1, 0.15) is 5.75 Å². The van der Waals surface area contributed by atoms with Gasteiger partial charge >= 0.3 is 5.97 Å². The van der Waals surface area contributed by atoms with E-state index in [0.717, 1.165) is 0 Å². The highest BCUT2D eigenvalue weighted by Gasteiger charge is 2.21. The highest BCUT2D eigenvalue weighted by Crippen LogP contribution is 2.27. The Kier molecular flexibility index (Phi) is 4.48. The maximum absolute atomic E-state index is 11.4. The molecule has 2 N–H and O–H groups in total. The minimum absolute atomic E-state index is 0.418. The van der Waals surface area contributed by atoms with Crippen LogP contribution in [0.3, 0.4) is 0 Å². The fraction of sp³-hybridized carbons (Fsp3) is 0.133. The topological polar surface area (TPSA) is 58.6 Å². The molecule has 0 amide bonds. The van der Waals surface area contributed by atoms with Crippen LogP contribution in [-0.2, 0) is 4.79 Å². The van der Waals surface area contributed by atoms with Gasteiger partial charge in [0.2, 0.25) is 0 Å². The monoisotopic (exact) mass is 291 g/mol. The molecule has 0 saturated carbocycles. The van der Waals surface area contributed by atoms with Crippen LogP contribution in [0.5, 0.6) is 5.75 Å². The molecule has 0 fully saturated rings. The molecule has 0 aliphatic rings. The van der Waals surface area contributed by atoms with Crippen LogP contribution in [0.2, 0.25) is 5.02 Å². The standard InChI is InChI=1S/C15H14ClNO3/c1-20-11-8-6-10(7-9-11)17-14(15(18)19)12-4-2-3-5-13(12)16/h2-9,14,17H,1H3,(H,18,19). The van der Waals surface area contributed by atoms with Gasteiger partial charge < -0.3 is 15.2 Å². The molecule has 0 heterocycles. The van der Waals surface area contributed by atoms with Gasteiger partial charge in [-0.05, 0) is 30.3 Å². The highest BCUT2D eigenvalue weighted by atomic mass is 35.5. The Hall–Kier alpha value is -2.20. The number of carboxylic acids is 1. The normalized spacial score (nSPS) is 11.7. The van der Waals surface area contributed by atoms with Gasteiger partial charge in [-0.2, -0.15) is 0 Å². The second-order valence-corrected chi connectivity index (χ2v) is 4.57. The van der Waals surface area contributed by atoms with E-state index in [1.54, 1.807) is 55.6 Å². The molecule has 4 nitrogen and oxygen atoms in total. The summed E-state index contributed by atoms with van der Waals surface area (Å²) in [4.78, 5) is 11.4. The fourth-order valence-electron chi connectivity index (χ4n) is 1.84. The van der Waals surface area contributed by atoms with Crippen LogP contribution in [0.15, 0.2) is 48.5 Å². The maximum Gasteiger partial charge on any atom is 0.330 e. The maximum atomic E-state index is 11.4. The fourth-order valence-corrected chi connectivity index (χ4v) is 2.08. The van der Waals surface area contributed by atoms with Crippen molar-refractivity contribution < 1.29 is 14.6 Å². The largest absolute Gasteiger partial charge is 0.497 e. The van der Waals surface area contributed by atoms with Gasteiger partial charge in [0.05, 0.1) is 7.11 Å². The number of carboxylic acid groups (broad SMARTS) is 1. The first-order chi connectivity index (χ1) is 9.61. The third-order valence-corrected chi connectivity index (χ3v) is 3.21. The van der Waals surface area contributed by atoms with E-state index in [4.69, 9.17) is 16.3 Å². The highest BCUT2D eigenvalue weighted by molar-refractivity contribution is 6.31. The van der Waals surface area contributed by atoms with E-state index in [1.807, 2.05) is 0 Å². The number of nitrogens with one attached hydrogen (secondary N) is 1. The number of aliphatic carboxylic acids is 1. The SMILES string of the molecule is COc1ccc(NC(C(=O)O)c2ccccc2Cl)cc1. The molecule has 2 aromatic rings. The Morgan fingerprint density at radius 3 is 2.40 bits per heavy atom. The summed E-state index contributed by atoms with van der Waals surface area (Å²) in [6, 6.07) is 13.0. The van der Waals surface area contributed by atoms with Crippen molar-refractivity contribution in [3.8, 4) is 5.75 Å². The third-order valence-electron chi connectivity index (χ3n) is 2.86. The van der Waals surface area contributed by atoms with Crippen LogP contribution in [0.25, 0.3) is 0 Å². The summed E-state index contributed by atoms with van der Waals surface area (Å²) in [5.74, 6) is -0.283. The first-order valence-corrected chi connectivity index (χ1v) is 6.37. The van der Waals surface area contributed by atoms with Crippen molar-refractivity contribution in [2.24, 2.45) is 0 Å². The molecule has 0 bridgehead atoms. The van der Waals surface area contributed by atoms with Crippen molar-refractivity contribution in [1.82, 2.24) is 0 Å². The lowest BCUT2D eigenvalue weighted by Crippen LogP contribution is -2.20. The first-order valence-electron chi connectivity index (χ1n) is 5.99. The number of anilines is 1.